The Hall–Kier alpha value is -1.28. The van der Waals surface area contributed by atoms with Crippen LogP contribution in [0.15, 0.2) is 36.4 Å². The maximum Gasteiger partial charge on any atom is 0.333 e. The monoisotopic (exact) mass is 250 g/mol. The molecule has 0 amide bonds. The highest BCUT2D eigenvalue weighted by Gasteiger charge is 2.39. The van der Waals surface area contributed by atoms with E-state index in [1.54, 1.807) is 6.92 Å². The lowest BCUT2D eigenvalue weighted by atomic mass is 10.1. The van der Waals surface area contributed by atoms with Gasteiger partial charge < -0.3 is 4.74 Å². The Bertz CT molecular complexity index is 436. The van der Waals surface area contributed by atoms with E-state index >= 15 is 0 Å². The molecule has 1 fully saturated rings. The first-order valence-electron chi connectivity index (χ1n) is 5.66. The molecule has 0 saturated heterocycles. The number of carbonyl (C=O) groups excluding carboxylic acids is 1. The molecule has 0 aromatic heterocycles. The largest absolute Gasteiger partial charge is 0.462 e. The second-order valence-corrected chi connectivity index (χ2v) is 4.97. The first kappa shape index (κ1) is 12.2. The Kier molecular flexibility index (Phi) is 3.53. The van der Waals surface area contributed by atoms with E-state index in [4.69, 9.17) is 16.3 Å². The standard InChI is InChI=1S/C14H15ClO2/c1-9(2)14(16)17-8-11-7-13(11)10-3-5-12(15)6-4-10/h3-6,11,13H,1,7-8H2,2H3. The van der Waals surface area contributed by atoms with Crippen LogP contribution < -0.4 is 0 Å². The van der Waals surface area contributed by atoms with Gasteiger partial charge in [-0.15, -0.1) is 0 Å². The van der Waals surface area contributed by atoms with Crippen molar-refractivity contribution in [1.82, 2.24) is 0 Å². The van der Waals surface area contributed by atoms with E-state index in [1.165, 1.54) is 5.56 Å². The Morgan fingerprint density at radius 1 is 1.47 bits per heavy atom. The average molecular weight is 251 g/mol. The van der Waals surface area contributed by atoms with Gasteiger partial charge in [-0.2, -0.15) is 0 Å². The summed E-state index contributed by atoms with van der Waals surface area (Å²) >= 11 is 5.83. The molecule has 1 saturated carbocycles. The van der Waals surface area contributed by atoms with E-state index in [2.05, 4.69) is 6.58 Å². The summed E-state index contributed by atoms with van der Waals surface area (Å²) in [6, 6.07) is 7.86. The molecule has 1 aromatic rings. The highest BCUT2D eigenvalue weighted by molar-refractivity contribution is 6.30. The summed E-state index contributed by atoms with van der Waals surface area (Å²) in [4.78, 5) is 11.2. The molecule has 1 aliphatic carbocycles. The van der Waals surface area contributed by atoms with E-state index in [-0.39, 0.29) is 5.97 Å². The number of hydrogen-bond donors (Lipinski definition) is 0. The maximum absolute atomic E-state index is 11.2. The van der Waals surface area contributed by atoms with Crippen LogP contribution >= 0.6 is 11.6 Å². The summed E-state index contributed by atoms with van der Waals surface area (Å²) in [5.41, 5.74) is 1.72. The number of ether oxygens (including phenoxy) is 1. The molecule has 3 heteroatoms. The van der Waals surface area contributed by atoms with Crippen LogP contribution in [-0.4, -0.2) is 12.6 Å². The highest BCUT2D eigenvalue weighted by Crippen LogP contribution is 2.47. The van der Waals surface area contributed by atoms with Gasteiger partial charge in [0.1, 0.15) is 0 Å². The smallest absolute Gasteiger partial charge is 0.333 e. The predicted molar refractivity (Wildman–Crippen MR) is 68.1 cm³/mol. The molecule has 0 spiro atoms. The lowest BCUT2D eigenvalue weighted by molar-refractivity contribution is -0.139. The summed E-state index contributed by atoms with van der Waals surface area (Å²) in [7, 11) is 0. The van der Waals surface area contributed by atoms with Crippen LogP contribution in [0.3, 0.4) is 0 Å². The molecule has 0 aliphatic heterocycles. The zero-order valence-corrected chi connectivity index (χ0v) is 10.5. The van der Waals surface area contributed by atoms with Crippen LogP contribution in [0.5, 0.6) is 0 Å². The maximum atomic E-state index is 11.2. The molecule has 2 unspecified atom stereocenters. The summed E-state index contributed by atoms with van der Waals surface area (Å²) in [6.45, 7) is 5.69. The highest BCUT2D eigenvalue weighted by atomic mass is 35.5. The lowest BCUT2D eigenvalue weighted by Crippen LogP contribution is -2.07. The predicted octanol–water partition coefficient (Wildman–Crippen LogP) is 3.56. The van der Waals surface area contributed by atoms with Gasteiger partial charge in [0.15, 0.2) is 0 Å². The topological polar surface area (TPSA) is 26.3 Å². The van der Waals surface area contributed by atoms with Gasteiger partial charge in [-0.1, -0.05) is 30.3 Å². The fourth-order valence-corrected chi connectivity index (χ4v) is 1.98. The third-order valence-electron chi connectivity index (χ3n) is 3.00. The van der Waals surface area contributed by atoms with Gasteiger partial charge in [-0.25, -0.2) is 4.79 Å². The Labute approximate surface area is 106 Å². The van der Waals surface area contributed by atoms with Gasteiger partial charge in [-0.05, 0) is 37.0 Å². The van der Waals surface area contributed by atoms with Gasteiger partial charge in [0.25, 0.3) is 0 Å². The zero-order valence-electron chi connectivity index (χ0n) is 9.78. The third-order valence-corrected chi connectivity index (χ3v) is 3.25. The van der Waals surface area contributed by atoms with Crippen molar-refractivity contribution >= 4 is 17.6 Å². The van der Waals surface area contributed by atoms with Gasteiger partial charge in [0.05, 0.1) is 6.61 Å². The number of carbonyl (C=O) groups is 1. The lowest BCUT2D eigenvalue weighted by Gasteiger charge is -2.04. The molecular weight excluding hydrogens is 236 g/mol. The van der Waals surface area contributed by atoms with Gasteiger partial charge in [0, 0.05) is 16.5 Å². The molecule has 0 N–H and O–H groups in total. The first-order chi connectivity index (χ1) is 8.08. The minimum atomic E-state index is -0.299. The number of rotatable bonds is 4. The van der Waals surface area contributed by atoms with Crippen molar-refractivity contribution in [3.63, 3.8) is 0 Å². The van der Waals surface area contributed by atoms with Gasteiger partial charge in [-0.3, -0.25) is 0 Å². The second kappa shape index (κ2) is 4.92. The molecular formula is C14H15ClO2. The second-order valence-electron chi connectivity index (χ2n) is 4.53. The molecule has 0 bridgehead atoms. The molecule has 0 radical (unpaired) electrons. The van der Waals surface area contributed by atoms with Gasteiger partial charge >= 0.3 is 5.97 Å². The quantitative estimate of drug-likeness (QED) is 0.603. The van der Waals surface area contributed by atoms with E-state index < -0.39 is 0 Å². The van der Waals surface area contributed by atoms with Crippen LogP contribution in [0.4, 0.5) is 0 Å². The average Bonchev–Trinajstić information content (AvgIpc) is 3.06. The number of benzene rings is 1. The number of esters is 1. The fourth-order valence-electron chi connectivity index (χ4n) is 1.86. The fraction of sp³-hybridized carbons (Fsp3) is 0.357. The molecule has 2 rings (SSSR count). The summed E-state index contributed by atoms with van der Waals surface area (Å²) in [5, 5.41) is 0.750. The van der Waals surface area contributed by atoms with E-state index in [9.17, 15) is 4.79 Å². The molecule has 2 nitrogen and oxygen atoms in total. The minimum Gasteiger partial charge on any atom is -0.462 e. The Morgan fingerprint density at radius 2 is 2.12 bits per heavy atom. The zero-order chi connectivity index (χ0) is 12.4. The van der Waals surface area contributed by atoms with Crippen molar-refractivity contribution < 1.29 is 9.53 Å². The van der Waals surface area contributed by atoms with Crippen molar-refractivity contribution in [2.75, 3.05) is 6.61 Å². The summed E-state index contributed by atoms with van der Waals surface area (Å²) < 4.78 is 5.14. The van der Waals surface area contributed by atoms with Crippen molar-refractivity contribution in [3.8, 4) is 0 Å². The van der Waals surface area contributed by atoms with Crippen molar-refractivity contribution in [2.24, 2.45) is 5.92 Å². The molecule has 2 atom stereocenters. The normalized spacial score (nSPS) is 22.0. The first-order valence-corrected chi connectivity index (χ1v) is 6.04. The van der Waals surface area contributed by atoms with Crippen molar-refractivity contribution in [2.45, 2.75) is 19.3 Å². The van der Waals surface area contributed by atoms with E-state index in [0.717, 1.165) is 11.4 Å². The molecule has 17 heavy (non-hydrogen) atoms. The van der Waals surface area contributed by atoms with Crippen molar-refractivity contribution in [1.29, 1.82) is 0 Å². The third kappa shape index (κ3) is 3.10. The van der Waals surface area contributed by atoms with Gasteiger partial charge in [0.2, 0.25) is 0 Å². The summed E-state index contributed by atoms with van der Waals surface area (Å²) in [5.74, 6) is 0.649. The number of hydrogen-bond acceptors (Lipinski definition) is 2. The SMILES string of the molecule is C=C(C)C(=O)OCC1CC1c1ccc(Cl)cc1. The number of halogens is 1. The van der Waals surface area contributed by atoms with Crippen molar-refractivity contribution in [3.05, 3.63) is 47.0 Å². The van der Waals surface area contributed by atoms with Crippen LogP contribution in [0.2, 0.25) is 5.02 Å². The van der Waals surface area contributed by atoms with E-state index in [1.807, 2.05) is 24.3 Å². The molecule has 1 aliphatic rings. The Morgan fingerprint density at radius 3 is 2.71 bits per heavy atom. The van der Waals surface area contributed by atoms with E-state index in [0.29, 0.717) is 24.0 Å². The van der Waals surface area contributed by atoms with Crippen LogP contribution in [0, 0.1) is 5.92 Å². The summed E-state index contributed by atoms with van der Waals surface area (Å²) in [6.07, 6.45) is 1.07. The van der Waals surface area contributed by atoms with Crippen LogP contribution in [0.1, 0.15) is 24.8 Å². The minimum absolute atomic E-state index is 0.299. The molecule has 0 heterocycles. The Balaban J connectivity index is 1.83. The van der Waals surface area contributed by atoms with Crippen LogP contribution in [-0.2, 0) is 9.53 Å². The van der Waals surface area contributed by atoms with Crippen LogP contribution in [0.25, 0.3) is 0 Å². The molecule has 1 aromatic carbocycles. The molecule has 90 valence electrons.